The van der Waals surface area contributed by atoms with E-state index in [0.717, 1.165) is 24.9 Å². The van der Waals surface area contributed by atoms with Crippen LogP contribution >= 0.6 is 0 Å². The van der Waals surface area contributed by atoms with Gasteiger partial charge in [-0.2, -0.15) is 0 Å². The van der Waals surface area contributed by atoms with Crippen molar-refractivity contribution >= 4 is 10.8 Å². The zero-order chi connectivity index (χ0) is 13.8. The molecule has 0 amide bonds. The van der Waals surface area contributed by atoms with Gasteiger partial charge in [0.15, 0.2) is 0 Å². The number of nitrogens with zero attached hydrogens (tertiary/aromatic N) is 2. The fourth-order valence-electron chi connectivity index (χ4n) is 2.47. The first kappa shape index (κ1) is 12.9. The Morgan fingerprint density at radius 3 is 2.75 bits per heavy atom. The van der Waals surface area contributed by atoms with Gasteiger partial charge in [0.05, 0.1) is 12.4 Å². The maximum atomic E-state index is 10.3. The summed E-state index contributed by atoms with van der Waals surface area (Å²) in [5.41, 5.74) is 0.995. The van der Waals surface area contributed by atoms with Crippen LogP contribution < -0.4 is 0 Å². The summed E-state index contributed by atoms with van der Waals surface area (Å²) in [5.74, 6) is 0. The van der Waals surface area contributed by atoms with Crippen molar-refractivity contribution in [2.45, 2.75) is 25.5 Å². The van der Waals surface area contributed by atoms with Crippen LogP contribution in [0.4, 0.5) is 0 Å². The monoisotopic (exact) mass is 266 g/mol. The molecule has 0 saturated carbocycles. The third-order valence-corrected chi connectivity index (χ3v) is 3.61. The van der Waals surface area contributed by atoms with Gasteiger partial charge >= 0.3 is 0 Å². The number of aryl methyl sites for hydroxylation is 1. The van der Waals surface area contributed by atoms with Crippen molar-refractivity contribution in [3.8, 4) is 0 Å². The molecule has 3 aromatic rings. The molecule has 0 radical (unpaired) electrons. The van der Waals surface area contributed by atoms with E-state index >= 15 is 0 Å². The molecule has 20 heavy (non-hydrogen) atoms. The molecule has 0 fully saturated rings. The molecule has 0 aliphatic rings. The van der Waals surface area contributed by atoms with Gasteiger partial charge in [-0.25, -0.2) is 4.98 Å². The van der Waals surface area contributed by atoms with Gasteiger partial charge < -0.3 is 9.67 Å². The Hall–Kier alpha value is -2.13. The first-order valence-corrected chi connectivity index (χ1v) is 6.95. The molecule has 3 rings (SSSR count). The van der Waals surface area contributed by atoms with E-state index in [4.69, 9.17) is 0 Å². The lowest BCUT2D eigenvalue weighted by Gasteiger charge is -2.12. The average molecular weight is 266 g/mol. The van der Waals surface area contributed by atoms with Gasteiger partial charge in [0.25, 0.3) is 0 Å². The maximum Gasteiger partial charge on any atom is 0.0945 e. The highest BCUT2D eigenvalue weighted by Gasteiger charge is 2.08. The lowest BCUT2D eigenvalue weighted by Crippen LogP contribution is -2.01. The van der Waals surface area contributed by atoms with Crippen molar-refractivity contribution in [2.24, 2.45) is 0 Å². The number of aliphatic hydroxyl groups is 1. The zero-order valence-electron chi connectivity index (χ0n) is 11.3. The smallest absolute Gasteiger partial charge is 0.0945 e. The standard InChI is InChI=1S/C17H18N2O/c20-17(6-3-10-19-11-9-18-13-19)16-8-7-14-4-1-2-5-15(14)12-16/h1-2,4-5,7-9,11-13,17,20H,3,6,10H2. The van der Waals surface area contributed by atoms with Crippen LogP contribution in [0.3, 0.4) is 0 Å². The Morgan fingerprint density at radius 2 is 1.95 bits per heavy atom. The average Bonchev–Trinajstić information content (AvgIpc) is 3.00. The summed E-state index contributed by atoms with van der Waals surface area (Å²) in [5, 5.41) is 12.7. The molecular weight excluding hydrogens is 248 g/mol. The van der Waals surface area contributed by atoms with Crippen LogP contribution in [-0.4, -0.2) is 14.7 Å². The number of hydrogen-bond acceptors (Lipinski definition) is 2. The van der Waals surface area contributed by atoms with E-state index in [1.54, 1.807) is 6.20 Å². The van der Waals surface area contributed by atoms with Crippen LogP contribution in [0, 0.1) is 0 Å². The summed E-state index contributed by atoms with van der Waals surface area (Å²) in [6, 6.07) is 14.4. The Balaban J connectivity index is 1.64. The third-order valence-electron chi connectivity index (χ3n) is 3.61. The first-order valence-electron chi connectivity index (χ1n) is 6.95. The summed E-state index contributed by atoms with van der Waals surface area (Å²) in [4.78, 5) is 4.01. The molecule has 3 heteroatoms. The molecule has 2 aromatic carbocycles. The van der Waals surface area contributed by atoms with Crippen molar-refractivity contribution in [3.63, 3.8) is 0 Å². The van der Waals surface area contributed by atoms with Crippen molar-refractivity contribution in [1.82, 2.24) is 9.55 Å². The molecule has 0 aliphatic carbocycles. The number of benzene rings is 2. The van der Waals surface area contributed by atoms with Crippen LogP contribution in [0.15, 0.2) is 61.2 Å². The van der Waals surface area contributed by atoms with Crippen molar-refractivity contribution in [3.05, 3.63) is 66.7 Å². The summed E-state index contributed by atoms with van der Waals surface area (Å²) in [6.45, 7) is 0.893. The number of imidazole rings is 1. The molecule has 102 valence electrons. The second kappa shape index (κ2) is 5.88. The number of hydrogen-bond donors (Lipinski definition) is 1. The molecule has 1 heterocycles. The van der Waals surface area contributed by atoms with E-state index in [2.05, 4.69) is 29.2 Å². The van der Waals surface area contributed by atoms with E-state index in [0.29, 0.717) is 0 Å². The fourth-order valence-corrected chi connectivity index (χ4v) is 2.47. The highest BCUT2D eigenvalue weighted by atomic mass is 16.3. The minimum atomic E-state index is -0.400. The van der Waals surface area contributed by atoms with E-state index in [1.807, 2.05) is 35.3 Å². The van der Waals surface area contributed by atoms with Gasteiger partial charge in [0.2, 0.25) is 0 Å². The Bertz CT molecular complexity index is 676. The summed E-state index contributed by atoms with van der Waals surface area (Å²) in [6.07, 6.45) is 6.83. The van der Waals surface area contributed by atoms with Crippen LogP contribution in [0.25, 0.3) is 10.8 Å². The maximum absolute atomic E-state index is 10.3. The first-order chi connectivity index (χ1) is 9.83. The normalized spacial score (nSPS) is 12.7. The number of rotatable bonds is 5. The summed E-state index contributed by atoms with van der Waals surface area (Å²) >= 11 is 0. The minimum absolute atomic E-state index is 0.400. The predicted octanol–water partition coefficient (Wildman–Crippen LogP) is 3.55. The third kappa shape index (κ3) is 2.89. The van der Waals surface area contributed by atoms with Crippen LogP contribution in [0.2, 0.25) is 0 Å². The molecule has 1 unspecified atom stereocenters. The van der Waals surface area contributed by atoms with Gasteiger partial charge in [0.1, 0.15) is 0 Å². The molecule has 1 atom stereocenters. The molecule has 1 N–H and O–H groups in total. The largest absolute Gasteiger partial charge is 0.388 e. The zero-order valence-corrected chi connectivity index (χ0v) is 11.3. The highest BCUT2D eigenvalue weighted by molar-refractivity contribution is 5.83. The van der Waals surface area contributed by atoms with Gasteiger partial charge in [-0.1, -0.05) is 36.4 Å². The fraction of sp³-hybridized carbons (Fsp3) is 0.235. The number of aliphatic hydroxyl groups excluding tert-OH is 1. The number of fused-ring (bicyclic) bond motifs is 1. The molecule has 0 bridgehead atoms. The molecule has 0 aliphatic heterocycles. The second-order valence-electron chi connectivity index (χ2n) is 5.07. The molecule has 3 nitrogen and oxygen atoms in total. The van der Waals surface area contributed by atoms with Gasteiger partial charge in [-0.05, 0) is 35.2 Å². The lowest BCUT2D eigenvalue weighted by molar-refractivity contribution is 0.163. The predicted molar refractivity (Wildman–Crippen MR) is 80.4 cm³/mol. The molecule has 1 aromatic heterocycles. The van der Waals surface area contributed by atoms with E-state index in [1.165, 1.54) is 10.8 Å². The molecular formula is C17H18N2O. The molecule has 0 spiro atoms. The quantitative estimate of drug-likeness (QED) is 0.767. The van der Waals surface area contributed by atoms with Crippen molar-refractivity contribution in [2.75, 3.05) is 0 Å². The lowest BCUT2D eigenvalue weighted by atomic mass is 10.0. The van der Waals surface area contributed by atoms with E-state index in [-0.39, 0.29) is 0 Å². The number of aromatic nitrogens is 2. The Kier molecular flexibility index (Phi) is 3.79. The topological polar surface area (TPSA) is 38.0 Å². The van der Waals surface area contributed by atoms with Gasteiger partial charge in [0, 0.05) is 18.9 Å². The van der Waals surface area contributed by atoms with E-state index < -0.39 is 6.10 Å². The van der Waals surface area contributed by atoms with Crippen LogP contribution in [-0.2, 0) is 6.54 Å². The summed E-state index contributed by atoms with van der Waals surface area (Å²) < 4.78 is 2.03. The van der Waals surface area contributed by atoms with E-state index in [9.17, 15) is 5.11 Å². The van der Waals surface area contributed by atoms with Crippen LogP contribution in [0.5, 0.6) is 0 Å². The van der Waals surface area contributed by atoms with Gasteiger partial charge in [-0.3, -0.25) is 0 Å². The highest BCUT2D eigenvalue weighted by Crippen LogP contribution is 2.23. The Morgan fingerprint density at radius 1 is 1.10 bits per heavy atom. The SMILES string of the molecule is OC(CCCn1ccnc1)c1ccc2ccccc2c1. The minimum Gasteiger partial charge on any atom is -0.388 e. The van der Waals surface area contributed by atoms with Gasteiger partial charge in [-0.15, -0.1) is 0 Å². The van der Waals surface area contributed by atoms with Crippen LogP contribution in [0.1, 0.15) is 24.5 Å². The van der Waals surface area contributed by atoms with Crippen molar-refractivity contribution in [1.29, 1.82) is 0 Å². The summed E-state index contributed by atoms with van der Waals surface area (Å²) in [7, 11) is 0. The second-order valence-corrected chi connectivity index (χ2v) is 5.07. The van der Waals surface area contributed by atoms with Crippen molar-refractivity contribution < 1.29 is 5.11 Å². The Labute approximate surface area is 118 Å². The molecule has 0 saturated heterocycles.